The standard InChI is InChI=1S/C21H15N3O/c1-3-7-16(8-4-1)15-22-19-13-11-18(12-14-19)21-24-23-20(25-21)17-9-5-2-6-10-17/h1-15H. The van der Waals surface area contributed by atoms with Crippen LogP contribution in [0.3, 0.4) is 0 Å². The van der Waals surface area contributed by atoms with Crippen LogP contribution in [0.15, 0.2) is 94.3 Å². The quantitative estimate of drug-likeness (QED) is 0.487. The van der Waals surface area contributed by atoms with Gasteiger partial charge in [-0.05, 0) is 42.0 Å². The number of nitrogens with zero attached hydrogens (tertiary/aromatic N) is 3. The van der Waals surface area contributed by atoms with Gasteiger partial charge in [0.2, 0.25) is 11.8 Å². The average molecular weight is 325 g/mol. The van der Waals surface area contributed by atoms with E-state index < -0.39 is 0 Å². The van der Waals surface area contributed by atoms with Crippen LogP contribution in [0.5, 0.6) is 0 Å². The second-order valence-electron chi connectivity index (χ2n) is 5.49. The summed E-state index contributed by atoms with van der Waals surface area (Å²) in [5.41, 5.74) is 3.71. The zero-order valence-electron chi connectivity index (χ0n) is 13.4. The molecule has 1 aromatic heterocycles. The van der Waals surface area contributed by atoms with Crippen molar-refractivity contribution in [2.45, 2.75) is 0 Å². The fraction of sp³-hybridized carbons (Fsp3) is 0. The fourth-order valence-electron chi connectivity index (χ4n) is 2.42. The van der Waals surface area contributed by atoms with E-state index in [0.29, 0.717) is 11.8 Å². The highest BCUT2D eigenvalue weighted by atomic mass is 16.4. The van der Waals surface area contributed by atoms with Crippen molar-refractivity contribution in [3.05, 3.63) is 90.5 Å². The maximum atomic E-state index is 5.76. The first-order valence-corrected chi connectivity index (χ1v) is 7.97. The Hall–Kier alpha value is -3.53. The highest BCUT2D eigenvalue weighted by molar-refractivity contribution is 5.81. The molecule has 4 aromatic rings. The van der Waals surface area contributed by atoms with Crippen molar-refractivity contribution in [1.29, 1.82) is 0 Å². The van der Waals surface area contributed by atoms with Gasteiger partial charge in [0.1, 0.15) is 0 Å². The highest BCUT2D eigenvalue weighted by Crippen LogP contribution is 2.25. The Kier molecular flexibility index (Phi) is 4.16. The summed E-state index contributed by atoms with van der Waals surface area (Å²) in [4.78, 5) is 4.47. The molecule has 0 saturated heterocycles. The van der Waals surface area contributed by atoms with Gasteiger partial charge >= 0.3 is 0 Å². The molecule has 0 saturated carbocycles. The molecular formula is C21H15N3O. The average Bonchev–Trinajstić information content (AvgIpc) is 3.19. The zero-order chi connectivity index (χ0) is 16.9. The molecule has 0 amide bonds. The van der Waals surface area contributed by atoms with Crippen molar-refractivity contribution in [2.75, 3.05) is 0 Å². The van der Waals surface area contributed by atoms with E-state index in [2.05, 4.69) is 15.2 Å². The lowest BCUT2D eigenvalue weighted by molar-refractivity contribution is 0.584. The van der Waals surface area contributed by atoms with Crippen LogP contribution < -0.4 is 0 Å². The van der Waals surface area contributed by atoms with Crippen molar-refractivity contribution in [2.24, 2.45) is 4.99 Å². The summed E-state index contributed by atoms with van der Waals surface area (Å²) in [5.74, 6) is 1.01. The van der Waals surface area contributed by atoms with Gasteiger partial charge in [0.15, 0.2) is 0 Å². The van der Waals surface area contributed by atoms with Gasteiger partial charge < -0.3 is 4.42 Å². The number of aromatic nitrogens is 2. The molecule has 0 N–H and O–H groups in total. The van der Waals surface area contributed by atoms with Gasteiger partial charge in [-0.2, -0.15) is 0 Å². The van der Waals surface area contributed by atoms with Crippen molar-refractivity contribution >= 4 is 11.9 Å². The molecule has 0 aliphatic rings. The minimum absolute atomic E-state index is 0.498. The van der Waals surface area contributed by atoms with Crippen LogP contribution in [0, 0.1) is 0 Å². The Morgan fingerprint density at radius 3 is 1.84 bits per heavy atom. The van der Waals surface area contributed by atoms with E-state index >= 15 is 0 Å². The number of hydrogen-bond acceptors (Lipinski definition) is 4. The Balaban J connectivity index is 1.53. The van der Waals surface area contributed by atoms with Gasteiger partial charge in [-0.15, -0.1) is 10.2 Å². The van der Waals surface area contributed by atoms with Gasteiger partial charge in [0.05, 0.1) is 5.69 Å². The van der Waals surface area contributed by atoms with E-state index in [1.807, 2.05) is 91.1 Å². The molecule has 120 valence electrons. The Morgan fingerprint density at radius 1 is 0.640 bits per heavy atom. The lowest BCUT2D eigenvalue weighted by Crippen LogP contribution is -1.79. The molecule has 0 unspecified atom stereocenters. The molecule has 0 bridgehead atoms. The number of benzene rings is 3. The van der Waals surface area contributed by atoms with Gasteiger partial charge in [0, 0.05) is 17.3 Å². The number of hydrogen-bond donors (Lipinski definition) is 0. The van der Waals surface area contributed by atoms with E-state index in [1.165, 1.54) is 0 Å². The van der Waals surface area contributed by atoms with E-state index in [-0.39, 0.29) is 0 Å². The third-order valence-corrected chi connectivity index (χ3v) is 3.72. The largest absolute Gasteiger partial charge is 0.416 e. The predicted octanol–water partition coefficient (Wildman–Crippen LogP) is 5.15. The molecule has 4 nitrogen and oxygen atoms in total. The molecule has 1 heterocycles. The topological polar surface area (TPSA) is 51.3 Å². The van der Waals surface area contributed by atoms with Crippen LogP contribution in [0.2, 0.25) is 0 Å². The molecule has 0 radical (unpaired) electrons. The highest BCUT2D eigenvalue weighted by Gasteiger charge is 2.09. The van der Waals surface area contributed by atoms with E-state index in [1.54, 1.807) is 0 Å². The maximum Gasteiger partial charge on any atom is 0.248 e. The monoisotopic (exact) mass is 325 g/mol. The third kappa shape index (κ3) is 3.53. The Labute approximate surface area is 145 Å². The Bertz CT molecular complexity index is 975. The van der Waals surface area contributed by atoms with Crippen LogP contribution in [-0.2, 0) is 0 Å². The minimum atomic E-state index is 0.498. The van der Waals surface area contributed by atoms with Crippen LogP contribution in [0.1, 0.15) is 5.56 Å². The van der Waals surface area contributed by atoms with Gasteiger partial charge in [-0.3, -0.25) is 4.99 Å². The number of rotatable bonds is 4. The molecule has 3 aromatic carbocycles. The summed E-state index contributed by atoms with van der Waals surface area (Å²) in [6, 6.07) is 27.4. The molecular weight excluding hydrogens is 310 g/mol. The minimum Gasteiger partial charge on any atom is -0.416 e. The summed E-state index contributed by atoms with van der Waals surface area (Å²) in [6.07, 6.45) is 1.84. The second-order valence-corrected chi connectivity index (χ2v) is 5.49. The van der Waals surface area contributed by atoms with E-state index in [9.17, 15) is 0 Å². The van der Waals surface area contributed by atoms with Crippen LogP contribution in [-0.4, -0.2) is 16.4 Å². The van der Waals surface area contributed by atoms with Crippen LogP contribution in [0.4, 0.5) is 5.69 Å². The summed E-state index contributed by atoms with van der Waals surface area (Å²) in [7, 11) is 0. The first kappa shape index (κ1) is 15.0. The molecule has 0 fully saturated rings. The smallest absolute Gasteiger partial charge is 0.248 e. The molecule has 4 heteroatoms. The zero-order valence-corrected chi connectivity index (χ0v) is 13.4. The summed E-state index contributed by atoms with van der Waals surface area (Å²) >= 11 is 0. The van der Waals surface area contributed by atoms with E-state index in [0.717, 1.165) is 22.4 Å². The third-order valence-electron chi connectivity index (χ3n) is 3.72. The van der Waals surface area contributed by atoms with Gasteiger partial charge in [0.25, 0.3) is 0 Å². The van der Waals surface area contributed by atoms with Crippen molar-refractivity contribution in [3.63, 3.8) is 0 Å². The van der Waals surface area contributed by atoms with E-state index in [4.69, 9.17) is 4.42 Å². The predicted molar refractivity (Wildman–Crippen MR) is 98.9 cm³/mol. The first-order valence-electron chi connectivity index (χ1n) is 7.97. The molecule has 4 rings (SSSR count). The number of aliphatic imine (C=N–C) groups is 1. The second kappa shape index (κ2) is 6.93. The molecule has 0 aliphatic heterocycles. The summed E-state index contributed by atoms with van der Waals surface area (Å²) in [5, 5.41) is 8.25. The summed E-state index contributed by atoms with van der Waals surface area (Å²) < 4.78 is 5.76. The first-order chi connectivity index (χ1) is 12.4. The SMILES string of the molecule is C(=Nc1ccc(-c2nnc(-c3ccccc3)o2)cc1)c1ccccc1. The van der Waals surface area contributed by atoms with Crippen LogP contribution >= 0.6 is 0 Å². The van der Waals surface area contributed by atoms with Crippen molar-refractivity contribution < 1.29 is 4.42 Å². The van der Waals surface area contributed by atoms with Gasteiger partial charge in [-0.25, -0.2) is 0 Å². The normalized spacial score (nSPS) is 11.0. The molecule has 25 heavy (non-hydrogen) atoms. The van der Waals surface area contributed by atoms with Crippen LogP contribution in [0.25, 0.3) is 22.9 Å². The molecule has 0 spiro atoms. The summed E-state index contributed by atoms with van der Waals surface area (Å²) in [6.45, 7) is 0. The fourth-order valence-corrected chi connectivity index (χ4v) is 2.42. The Morgan fingerprint density at radius 2 is 1.20 bits per heavy atom. The maximum absolute atomic E-state index is 5.76. The molecule has 0 atom stereocenters. The van der Waals surface area contributed by atoms with Crippen molar-refractivity contribution in [3.8, 4) is 22.9 Å². The van der Waals surface area contributed by atoms with Gasteiger partial charge in [-0.1, -0.05) is 48.5 Å². The molecule has 0 aliphatic carbocycles. The lowest BCUT2D eigenvalue weighted by Gasteiger charge is -1.97. The lowest BCUT2D eigenvalue weighted by atomic mass is 10.2. The van der Waals surface area contributed by atoms with Crippen molar-refractivity contribution in [1.82, 2.24) is 10.2 Å².